The molecule has 0 fully saturated rings. The van der Waals surface area contributed by atoms with Crippen LogP contribution in [0.5, 0.6) is 0 Å². The molecule has 0 atom stereocenters. The molecule has 124 valence electrons. The maximum atomic E-state index is 12.2. The van der Waals surface area contributed by atoms with Crippen LogP contribution in [0.3, 0.4) is 0 Å². The van der Waals surface area contributed by atoms with E-state index < -0.39 is 5.91 Å². The van der Waals surface area contributed by atoms with Gasteiger partial charge in [-0.3, -0.25) is 9.59 Å². The number of benzene rings is 2. The molecule has 0 bridgehead atoms. The average Bonchev–Trinajstić information content (AvgIpc) is 2.67. The molecular formula is C19H16N4O2. The summed E-state index contributed by atoms with van der Waals surface area (Å²) in [7, 11) is 0. The van der Waals surface area contributed by atoms with E-state index in [0.29, 0.717) is 23.5 Å². The van der Waals surface area contributed by atoms with Gasteiger partial charge >= 0.3 is 0 Å². The summed E-state index contributed by atoms with van der Waals surface area (Å²) in [6.07, 6.45) is 3.00. The monoisotopic (exact) mass is 332 g/mol. The van der Waals surface area contributed by atoms with Crippen LogP contribution in [-0.2, 0) is 6.54 Å². The number of carbonyl (C=O) groups is 2. The van der Waals surface area contributed by atoms with E-state index in [1.807, 2.05) is 30.3 Å². The Morgan fingerprint density at radius 2 is 1.52 bits per heavy atom. The first kappa shape index (κ1) is 16.3. The molecule has 6 nitrogen and oxygen atoms in total. The van der Waals surface area contributed by atoms with E-state index in [1.54, 1.807) is 24.3 Å². The highest BCUT2D eigenvalue weighted by Gasteiger charge is 2.08. The highest BCUT2D eigenvalue weighted by Crippen LogP contribution is 2.13. The predicted octanol–water partition coefficient (Wildman–Crippen LogP) is 2.17. The van der Waals surface area contributed by atoms with Crippen molar-refractivity contribution in [3.63, 3.8) is 0 Å². The van der Waals surface area contributed by atoms with Crippen LogP contribution >= 0.6 is 0 Å². The number of nitrogens with one attached hydrogen (secondary N) is 1. The summed E-state index contributed by atoms with van der Waals surface area (Å²) in [5, 5.41) is 2.79. The Bertz CT molecular complexity index is 876. The molecule has 0 aliphatic carbocycles. The highest BCUT2D eigenvalue weighted by molar-refractivity contribution is 5.94. The highest BCUT2D eigenvalue weighted by atomic mass is 16.2. The van der Waals surface area contributed by atoms with E-state index in [4.69, 9.17) is 5.73 Å². The molecule has 0 unspecified atom stereocenters. The summed E-state index contributed by atoms with van der Waals surface area (Å²) >= 11 is 0. The molecule has 1 heterocycles. The Balaban J connectivity index is 1.62. The smallest absolute Gasteiger partial charge is 0.254 e. The summed E-state index contributed by atoms with van der Waals surface area (Å²) in [4.78, 5) is 31.7. The first-order valence-corrected chi connectivity index (χ1v) is 7.68. The molecule has 3 aromatic rings. The molecule has 0 saturated heterocycles. The SMILES string of the molecule is NC(=O)c1ccc(CNC(=O)c2cnc(-c3ccccc3)nc2)cc1. The van der Waals surface area contributed by atoms with Gasteiger partial charge in [0, 0.05) is 30.1 Å². The topological polar surface area (TPSA) is 98.0 Å². The summed E-state index contributed by atoms with van der Waals surface area (Å²) in [5.74, 6) is -0.177. The van der Waals surface area contributed by atoms with Gasteiger partial charge in [0.1, 0.15) is 0 Å². The Morgan fingerprint density at radius 1 is 0.880 bits per heavy atom. The summed E-state index contributed by atoms with van der Waals surface area (Å²) in [6, 6.07) is 16.3. The van der Waals surface area contributed by atoms with E-state index >= 15 is 0 Å². The van der Waals surface area contributed by atoms with E-state index in [1.165, 1.54) is 12.4 Å². The van der Waals surface area contributed by atoms with Gasteiger partial charge in [0.15, 0.2) is 5.82 Å². The quantitative estimate of drug-likeness (QED) is 0.748. The lowest BCUT2D eigenvalue weighted by Crippen LogP contribution is -2.23. The minimum absolute atomic E-state index is 0.265. The third-order valence-corrected chi connectivity index (χ3v) is 3.64. The lowest BCUT2D eigenvalue weighted by Gasteiger charge is -2.06. The van der Waals surface area contributed by atoms with Crippen molar-refractivity contribution in [3.05, 3.63) is 83.7 Å². The number of carbonyl (C=O) groups excluding carboxylic acids is 2. The number of rotatable bonds is 5. The zero-order chi connectivity index (χ0) is 17.6. The largest absolute Gasteiger partial charge is 0.366 e. The minimum atomic E-state index is -0.480. The lowest BCUT2D eigenvalue weighted by atomic mass is 10.1. The standard InChI is InChI=1S/C19H16N4O2/c20-17(24)14-8-6-13(7-9-14)10-23-19(25)16-11-21-18(22-12-16)15-4-2-1-3-5-15/h1-9,11-12H,10H2,(H2,20,24)(H,23,25). The van der Waals surface area contributed by atoms with Crippen LogP contribution in [0.4, 0.5) is 0 Å². The first-order valence-electron chi connectivity index (χ1n) is 7.68. The molecule has 3 N–H and O–H groups in total. The summed E-state index contributed by atoms with van der Waals surface area (Å²) in [5.41, 5.74) is 7.76. The van der Waals surface area contributed by atoms with Crippen LogP contribution in [0.1, 0.15) is 26.3 Å². The molecule has 0 saturated carbocycles. The molecule has 1 aromatic heterocycles. The second kappa shape index (κ2) is 7.35. The van der Waals surface area contributed by atoms with Crippen LogP contribution < -0.4 is 11.1 Å². The zero-order valence-corrected chi connectivity index (χ0v) is 13.3. The van der Waals surface area contributed by atoms with Crippen molar-refractivity contribution in [2.75, 3.05) is 0 Å². The average molecular weight is 332 g/mol. The van der Waals surface area contributed by atoms with Gasteiger partial charge in [-0.2, -0.15) is 0 Å². The van der Waals surface area contributed by atoms with Crippen molar-refractivity contribution >= 4 is 11.8 Å². The van der Waals surface area contributed by atoms with Gasteiger partial charge in [-0.1, -0.05) is 42.5 Å². The zero-order valence-electron chi connectivity index (χ0n) is 13.3. The normalized spacial score (nSPS) is 10.2. The van der Waals surface area contributed by atoms with Gasteiger partial charge in [0.05, 0.1) is 5.56 Å². The number of aromatic nitrogens is 2. The van der Waals surface area contributed by atoms with Crippen molar-refractivity contribution in [1.82, 2.24) is 15.3 Å². The molecule has 3 rings (SSSR count). The summed E-state index contributed by atoms with van der Waals surface area (Å²) in [6.45, 7) is 0.332. The molecule has 0 aliphatic heterocycles. The molecule has 0 radical (unpaired) electrons. The molecule has 2 aromatic carbocycles. The van der Waals surface area contributed by atoms with Gasteiger partial charge in [-0.15, -0.1) is 0 Å². The van der Waals surface area contributed by atoms with Crippen LogP contribution in [0.15, 0.2) is 67.0 Å². The number of primary amides is 1. The fourth-order valence-corrected chi connectivity index (χ4v) is 2.25. The Hall–Kier alpha value is -3.54. The fourth-order valence-electron chi connectivity index (χ4n) is 2.25. The van der Waals surface area contributed by atoms with Crippen LogP contribution in [0.25, 0.3) is 11.4 Å². The summed E-state index contributed by atoms with van der Waals surface area (Å²) < 4.78 is 0. The maximum Gasteiger partial charge on any atom is 0.254 e. The molecular weight excluding hydrogens is 316 g/mol. The molecule has 0 aliphatic rings. The molecule has 6 heteroatoms. The number of hydrogen-bond acceptors (Lipinski definition) is 4. The first-order chi connectivity index (χ1) is 12.1. The maximum absolute atomic E-state index is 12.2. The Kier molecular flexibility index (Phi) is 4.80. The van der Waals surface area contributed by atoms with Crippen molar-refractivity contribution in [1.29, 1.82) is 0 Å². The van der Waals surface area contributed by atoms with E-state index in [2.05, 4.69) is 15.3 Å². The van der Waals surface area contributed by atoms with E-state index in [0.717, 1.165) is 11.1 Å². The second-order valence-corrected chi connectivity index (χ2v) is 5.41. The second-order valence-electron chi connectivity index (χ2n) is 5.41. The lowest BCUT2D eigenvalue weighted by molar-refractivity contribution is 0.0948. The third-order valence-electron chi connectivity index (χ3n) is 3.64. The van der Waals surface area contributed by atoms with Gasteiger partial charge in [-0.05, 0) is 17.7 Å². The van der Waals surface area contributed by atoms with Gasteiger partial charge in [0.2, 0.25) is 5.91 Å². The van der Waals surface area contributed by atoms with Crippen molar-refractivity contribution in [2.24, 2.45) is 5.73 Å². The molecule has 25 heavy (non-hydrogen) atoms. The van der Waals surface area contributed by atoms with Crippen molar-refractivity contribution in [3.8, 4) is 11.4 Å². The number of hydrogen-bond donors (Lipinski definition) is 2. The molecule has 2 amide bonds. The van der Waals surface area contributed by atoms with Crippen molar-refractivity contribution in [2.45, 2.75) is 6.54 Å². The van der Waals surface area contributed by atoms with Crippen molar-refractivity contribution < 1.29 is 9.59 Å². The number of nitrogens with two attached hydrogens (primary N) is 1. The number of amides is 2. The Labute approximate surface area is 144 Å². The predicted molar refractivity (Wildman–Crippen MR) is 93.6 cm³/mol. The van der Waals surface area contributed by atoms with E-state index in [9.17, 15) is 9.59 Å². The van der Waals surface area contributed by atoms with Gasteiger partial charge in [0.25, 0.3) is 5.91 Å². The van der Waals surface area contributed by atoms with Crippen LogP contribution in [-0.4, -0.2) is 21.8 Å². The number of nitrogens with zero attached hydrogens (tertiary/aromatic N) is 2. The van der Waals surface area contributed by atoms with Crippen LogP contribution in [0.2, 0.25) is 0 Å². The van der Waals surface area contributed by atoms with Crippen LogP contribution in [0, 0.1) is 0 Å². The van der Waals surface area contributed by atoms with Gasteiger partial charge in [-0.25, -0.2) is 9.97 Å². The molecule has 0 spiro atoms. The minimum Gasteiger partial charge on any atom is -0.366 e. The third kappa shape index (κ3) is 4.06. The fraction of sp³-hybridized carbons (Fsp3) is 0.0526. The Morgan fingerprint density at radius 3 is 2.12 bits per heavy atom. The van der Waals surface area contributed by atoms with Gasteiger partial charge < -0.3 is 11.1 Å². The van der Waals surface area contributed by atoms with E-state index in [-0.39, 0.29) is 5.91 Å².